The monoisotopic (exact) mass is 466 g/mol. The zero-order valence-electron chi connectivity index (χ0n) is 19.6. The predicted octanol–water partition coefficient (Wildman–Crippen LogP) is 5.23. The maximum atomic E-state index is 13.6. The lowest BCUT2D eigenvalue weighted by Crippen LogP contribution is -2.38. The first-order valence-electron chi connectivity index (χ1n) is 10.8. The number of benzene rings is 3. The molecule has 0 saturated heterocycles. The van der Waals surface area contributed by atoms with Gasteiger partial charge < -0.3 is 10.1 Å². The average Bonchev–Trinajstić information content (AvgIpc) is 2.71. The van der Waals surface area contributed by atoms with Gasteiger partial charge in [0.15, 0.2) is 0 Å². The second kappa shape index (κ2) is 10.1. The molecular formula is C26H30N2O4S. The predicted molar refractivity (Wildman–Crippen MR) is 132 cm³/mol. The van der Waals surface area contributed by atoms with Crippen LogP contribution in [0.5, 0.6) is 5.75 Å². The van der Waals surface area contributed by atoms with Gasteiger partial charge in [0.2, 0.25) is 5.91 Å². The third-order valence-corrected chi connectivity index (χ3v) is 6.67. The van der Waals surface area contributed by atoms with Gasteiger partial charge in [0.1, 0.15) is 12.3 Å². The highest BCUT2D eigenvalue weighted by molar-refractivity contribution is 7.92. The number of nitrogens with one attached hydrogen (secondary N) is 1. The van der Waals surface area contributed by atoms with Gasteiger partial charge in [0, 0.05) is 11.8 Å². The molecule has 0 aliphatic heterocycles. The van der Waals surface area contributed by atoms with Crippen molar-refractivity contribution in [2.75, 3.05) is 16.2 Å². The van der Waals surface area contributed by atoms with Gasteiger partial charge in [-0.15, -0.1) is 0 Å². The van der Waals surface area contributed by atoms with E-state index in [-0.39, 0.29) is 17.5 Å². The highest BCUT2D eigenvalue weighted by Crippen LogP contribution is 2.26. The third kappa shape index (κ3) is 6.35. The Morgan fingerprint density at radius 2 is 1.55 bits per heavy atom. The van der Waals surface area contributed by atoms with Crippen molar-refractivity contribution < 1.29 is 17.9 Å². The Balaban J connectivity index is 1.93. The van der Waals surface area contributed by atoms with Crippen molar-refractivity contribution in [1.29, 1.82) is 0 Å². The number of aryl methyl sites for hydroxylation is 3. The van der Waals surface area contributed by atoms with E-state index in [1.54, 1.807) is 60.7 Å². The molecule has 0 fully saturated rings. The van der Waals surface area contributed by atoms with Crippen molar-refractivity contribution >= 4 is 27.3 Å². The van der Waals surface area contributed by atoms with E-state index in [9.17, 15) is 13.2 Å². The van der Waals surface area contributed by atoms with Gasteiger partial charge in [-0.25, -0.2) is 8.42 Å². The fraction of sp³-hybridized carbons (Fsp3) is 0.269. The van der Waals surface area contributed by atoms with Gasteiger partial charge >= 0.3 is 0 Å². The van der Waals surface area contributed by atoms with Crippen molar-refractivity contribution in [2.24, 2.45) is 0 Å². The lowest BCUT2D eigenvalue weighted by molar-refractivity contribution is -0.114. The maximum Gasteiger partial charge on any atom is 0.264 e. The SMILES string of the molecule is Cc1ccc(S(=O)(=O)N(CC(=O)Nc2cccc(OC(C)C)c2)c2cc(C)cc(C)c2)cc1. The number of hydrogen-bond donors (Lipinski definition) is 1. The minimum absolute atomic E-state index is 0.00402. The molecule has 0 bridgehead atoms. The fourth-order valence-corrected chi connectivity index (χ4v) is 4.90. The molecule has 0 aromatic heterocycles. The highest BCUT2D eigenvalue weighted by atomic mass is 32.2. The molecule has 7 heteroatoms. The van der Waals surface area contributed by atoms with Gasteiger partial charge in [0.25, 0.3) is 10.0 Å². The number of carbonyl (C=O) groups is 1. The van der Waals surface area contributed by atoms with Gasteiger partial charge in [-0.1, -0.05) is 29.8 Å². The summed E-state index contributed by atoms with van der Waals surface area (Å²) in [5, 5.41) is 2.79. The second-order valence-corrected chi connectivity index (χ2v) is 10.3. The molecule has 0 aliphatic carbocycles. The molecule has 0 heterocycles. The second-order valence-electron chi connectivity index (χ2n) is 8.41. The first-order chi connectivity index (χ1) is 15.5. The molecule has 3 rings (SSSR count). The van der Waals surface area contributed by atoms with Gasteiger partial charge in [-0.2, -0.15) is 0 Å². The van der Waals surface area contributed by atoms with Crippen LogP contribution < -0.4 is 14.4 Å². The summed E-state index contributed by atoms with van der Waals surface area (Å²) in [4.78, 5) is 13.1. The standard InChI is InChI=1S/C26H30N2O4S/c1-18(2)32-24-8-6-7-22(16-24)27-26(29)17-28(23-14-20(4)13-21(5)15-23)33(30,31)25-11-9-19(3)10-12-25/h6-16,18H,17H2,1-5H3,(H,27,29). The molecular weight excluding hydrogens is 436 g/mol. The quantitative estimate of drug-likeness (QED) is 0.493. The van der Waals surface area contributed by atoms with Crippen LogP contribution in [-0.4, -0.2) is 27.0 Å². The summed E-state index contributed by atoms with van der Waals surface area (Å²) < 4.78 is 33.9. The molecule has 33 heavy (non-hydrogen) atoms. The topological polar surface area (TPSA) is 75.7 Å². The van der Waals surface area contributed by atoms with E-state index in [2.05, 4.69) is 5.32 Å². The highest BCUT2D eigenvalue weighted by Gasteiger charge is 2.27. The van der Waals surface area contributed by atoms with E-state index in [0.29, 0.717) is 17.1 Å². The molecule has 6 nitrogen and oxygen atoms in total. The van der Waals surface area contributed by atoms with Crippen LogP contribution in [0.1, 0.15) is 30.5 Å². The Hall–Kier alpha value is -3.32. The largest absolute Gasteiger partial charge is 0.491 e. The Morgan fingerprint density at radius 3 is 2.15 bits per heavy atom. The molecule has 174 valence electrons. The molecule has 1 amide bonds. The van der Waals surface area contributed by atoms with E-state index in [1.807, 2.05) is 40.7 Å². The van der Waals surface area contributed by atoms with Crippen LogP contribution in [0.3, 0.4) is 0 Å². The van der Waals surface area contributed by atoms with E-state index < -0.39 is 15.9 Å². The van der Waals surface area contributed by atoms with Crippen LogP contribution in [-0.2, 0) is 14.8 Å². The van der Waals surface area contributed by atoms with Gasteiger partial charge in [-0.3, -0.25) is 9.10 Å². The minimum atomic E-state index is -3.97. The molecule has 1 N–H and O–H groups in total. The van der Waals surface area contributed by atoms with Gasteiger partial charge in [-0.05, 0) is 82.1 Å². The van der Waals surface area contributed by atoms with Crippen molar-refractivity contribution in [1.82, 2.24) is 0 Å². The Labute approximate surface area is 196 Å². The average molecular weight is 467 g/mol. The number of hydrogen-bond acceptors (Lipinski definition) is 4. The van der Waals surface area contributed by atoms with Crippen LogP contribution in [0.25, 0.3) is 0 Å². The smallest absolute Gasteiger partial charge is 0.264 e. The van der Waals surface area contributed by atoms with Gasteiger partial charge in [0.05, 0.1) is 16.7 Å². The van der Waals surface area contributed by atoms with Crippen molar-refractivity contribution in [3.05, 3.63) is 83.4 Å². The van der Waals surface area contributed by atoms with Crippen molar-refractivity contribution in [2.45, 2.75) is 45.6 Å². The maximum absolute atomic E-state index is 13.6. The van der Waals surface area contributed by atoms with Crippen LogP contribution in [0.4, 0.5) is 11.4 Å². The van der Waals surface area contributed by atoms with E-state index in [4.69, 9.17) is 4.74 Å². The Kier molecular flexibility index (Phi) is 7.43. The van der Waals surface area contributed by atoms with Crippen LogP contribution in [0, 0.1) is 20.8 Å². The van der Waals surface area contributed by atoms with Crippen LogP contribution >= 0.6 is 0 Å². The molecule has 0 spiro atoms. The number of nitrogens with zero attached hydrogens (tertiary/aromatic N) is 1. The van der Waals surface area contributed by atoms with Crippen LogP contribution in [0.15, 0.2) is 71.6 Å². The van der Waals surface area contributed by atoms with E-state index in [1.165, 1.54) is 0 Å². The number of sulfonamides is 1. The minimum Gasteiger partial charge on any atom is -0.491 e. The zero-order valence-corrected chi connectivity index (χ0v) is 20.4. The van der Waals surface area contributed by atoms with Crippen LogP contribution in [0.2, 0.25) is 0 Å². The first kappa shape index (κ1) is 24.3. The number of rotatable bonds is 8. The molecule has 3 aromatic carbocycles. The lowest BCUT2D eigenvalue weighted by Gasteiger charge is -2.25. The summed E-state index contributed by atoms with van der Waals surface area (Å²) in [5.41, 5.74) is 3.75. The first-order valence-corrected chi connectivity index (χ1v) is 12.2. The molecule has 0 radical (unpaired) electrons. The lowest BCUT2D eigenvalue weighted by atomic mass is 10.1. The van der Waals surface area contributed by atoms with Crippen molar-refractivity contribution in [3.63, 3.8) is 0 Å². The molecule has 0 unspecified atom stereocenters. The molecule has 3 aromatic rings. The Morgan fingerprint density at radius 1 is 0.909 bits per heavy atom. The zero-order chi connectivity index (χ0) is 24.2. The number of anilines is 2. The summed E-state index contributed by atoms with van der Waals surface area (Å²) in [6.45, 7) is 9.16. The normalized spacial score (nSPS) is 11.3. The number of amides is 1. The summed E-state index contributed by atoms with van der Waals surface area (Å²) in [7, 11) is -3.97. The van der Waals surface area contributed by atoms with Crippen molar-refractivity contribution in [3.8, 4) is 5.75 Å². The molecule has 0 aliphatic rings. The third-order valence-electron chi connectivity index (χ3n) is 4.88. The molecule has 0 atom stereocenters. The summed E-state index contributed by atoms with van der Waals surface area (Å²) in [6, 6.07) is 19.1. The fourth-order valence-electron chi connectivity index (χ4n) is 3.50. The van der Waals surface area contributed by atoms with E-state index >= 15 is 0 Å². The number of carbonyl (C=O) groups excluding carboxylic acids is 1. The number of ether oxygens (including phenoxy) is 1. The Bertz CT molecular complexity index is 1220. The van der Waals surface area contributed by atoms with E-state index in [0.717, 1.165) is 21.0 Å². The molecule has 0 saturated carbocycles. The summed E-state index contributed by atoms with van der Waals surface area (Å²) in [6.07, 6.45) is -0.00402. The summed E-state index contributed by atoms with van der Waals surface area (Å²) >= 11 is 0. The summed E-state index contributed by atoms with van der Waals surface area (Å²) in [5.74, 6) is 0.174.